The number of aromatic nitrogens is 1. The molecule has 0 amide bonds. The molecule has 0 spiro atoms. The second-order valence-corrected chi connectivity index (χ2v) is 11.2. The summed E-state index contributed by atoms with van der Waals surface area (Å²) in [6, 6.07) is 31.8. The molecule has 5 rings (SSSR count). The number of fused-ring (bicyclic) bond motifs is 3. The molecule has 0 saturated heterocycles. The molecule has 4 aromatic carbocycles. The van der Waals surface area contributed by atoms with Crippen molar-refractivity contribution in [3.63, 3.8) is 0 Å². The van der Waals surface area contributed by atoms with Crippen LogP contribution in [0.25, 0.3) is 44.3 Å². The Morgan fingerprint density at radius 2 is 1.47 bits per heavy atom. The van der Waals surface area contributed by atoms with Crippen LogP contribution in [0, 0.1) is 13.8 Å². The molecule has 0 aliphatic carbocycles. The van der Waals surface area contributed by atoms with Crippen molar-refractivity contribution in [3.8, 4) is 11.1 Å². The van der Waals surface area contributed by atoms with Crippen LogP contribution < -0.4 is 0 Å². The van der Waals surface area contributed by atoms with Crippen LogP contribution in [0.1, 0.15) is 43.9 Å². The maximum atomic E-state index is 4.76. The fourth-order valence-corrected chi connectivity index (χ4v) is 5.80. The van der Waals surface area contributed by atoms with Crippen LogP contribution in [0.2, 0.25) is 0 Å². The molecule has 0 radical (unpaired) electrons. The highest BCUT2D eigenvalue weighted by molar-refractivity contribution is 6.17. The molecule has 0 fully saturated rings. The molecule has 0 aliphatic heterocycles. The Labute approximate surface area is 292 Å². The summed E-state index contributed by atoms with van der Waals surface area (Å²) in [5, 5.41) is 2.48. The first kappa shape index (κ1) is 36.0. The van der Waals surface area contributed by atoms with Gasteiger partial charge in [0.15, 0.2) is 0 Å². The first-order valence-electron chi connectivity index (χ1n) is 16.9. The average molecular weight is 642 g/mol. The van der Waals surface area contributed by atoms with E-state index >= 15 is 0 Å². The van der Waals surface area contributed by atoms with E-state index in [0.717, 1.165) is 33.7 Å². The third-order valence-corrected chi connectivity index (χ3v) is 8.05. The van der Waals surface area contributed by atoms with E-state index in [1.165, 1.54) is 33.0 Å². The first-order valence-corrected chi connectivity index (χ1v) is 16.9. The van der Waals surface area contributed by atoms with Gasteiger partial charge in [0.2, 0.25) is 0 Å². The monoisotopic (exact) mass is 641 g/mol. The van der Waals surface area contributed by atoms with Crippen molar-refractivity contribution < 1.29 is 0 Å². The maximum absolute atomic E-state index is 4.76. The molecular weight excluding hydrogens is 595 g/mol. The zero-order valence-corrected chi connectivity index (χ0v) is 29.5. The Morgan fingerprint density at radius 3 is 2.20 bits per heavy atom. The smallest absolute Gasteiger partial charge is 0.0712 e. The van der Waals surface area contributed by atoms with Crippen LogP contribution in [-0.2, 0) is 0 Å². The van der Waals surface area contributed by atoms with Crippen molar-refractivity contribution >= 4 is 45.6 Å². The lowest BCUT2D eigenvalue weighted by molar-refractivity contribution is 1.24. The lowest BCUT2D eigenvalue weighted by Gasteiger charge is -2.13. The molecule has 0 N–H and O–H groups in total. The van der Waals surface area contributed by atoms with E-state index in [-0.39, 0.29) is 0 Å². The number of aliphatic imine (C=N–C) groups is 2. The largest absolute Gasteiger partial charge is 0.309 e. The van der Waals surface area contributed by atoms with E-state index in [2.05, 4.69) is 116 Å². The van der Waals surface area contributed by atoms with E-state index in [1.54, 1.807) is 0 Å². The van der Waals surface area contributed by atoms with Crippen molar-refractivity contribution in [2.75, 3.05) is 0 Å². The Balaban J connectivity index is 0.00000265. The zero-order valence-electron chi connectivity index (χ0n) is 29.5. The molecule has 3 heteroatoms. The van der Waals surface area contributed by atoms with Crippen molar-refractivity contribution in [1.29, 1.82) is 0 Å². The third-order valence-electron chi connectivity index (χ3n) is 8.05. The predicted octanol–water partition coefficient (Wildman–Crippen LogP) is 12.9. The average Bonchev–Trinajstić information content (AvgIpc) is 3.47. The minimum absolute atomic E-state index is 0.611. The lowest BCUT2D eigenvalue weighted by Crippen LogP contribution is -1.95. The van der Waals surface area contributed by atoms with E-state index in [0.29, 0.717) is 6.42 Å². The molecule has 1 aromatic heterocycles. The molecule has 246 valence electrons. The van der Waals surface area contributed by atoms with Crippen molar-refractivity contribution in [1.82, 2.24) is 4.57 Å². The molecule has 1 heterocycles. The van der Waals surface area contributed by atoms with Crippen LogP contribution in [0.3, 0.4) is 0 Å². The van der Waals surface area contributed by atoms with Gasteiger partial charge in [-0.3, -0.25) is 9.98 Å². The van der Waals surface area contributed by atoms with E-state index in [1.807, 2.05) is 99.8 Å². The first-order chi connectivity index (χ1) is 24.1. The Morgan fingerprint density at radius 1 is 0.755 bits per heavy atom. The molecular formula is C46H47N3. The van der Waals surface area contributed by atoms with E-state index in [9.17, 15) is 0 Å². The van der Waals surface area contributed by atoms with Crippen LogP contribution in [0.5, 0.6) is 0 Å². The summed E-state index contributed by atoms with van der Waals surface area (Å²) in [5.41, 5.74) is 11.0. The number of benzene rings is 4. The van der Waals surface area contributed by atoms with E-state index < -0.39 is 0 Å². The van der Waals surface area contributed by atoms with Crippen LogP contribution in [-0.4, -0.2) is 17.0 Å². The quantitative estimate of drug-likeness (QED) is 0.0958. The highest BCUT2D eigenvalue weighted by Crippen LogP contribution is 2.41. The van der Waals surface area contributed by atoms with Crippen LogP contribution in [0.15, 0.2) is 175 Å². The van der Waals surface area contributed by atoms with Gasteiger partial charge in [0.25, 0.3) is 0 Å². The van der Waals surface area contributed by atoms with Gasteiger partial charge in [-0.2, -0.15) is 0 Å². The van der Waals surface area contributed by atoms with Crippen molar-refractivity contribution in [2.45, 2.75) is 41.0 Å². The summed E-state index contributed by atoms with van der Waals surface area (Å²) < 4.78 is 2.31. The fraction of sp³-hybridized carbons (Fsp3) is 0.130. The van der Waals surface area contributed by atoms with Gasteiger partial charge in [-0.1, -0.05) is 136 Å². The molecule has 0 atom stereocenters. The number of hydrogen-bond acceptors (Lipinski definition) is 2. The van der Waals surface area contributed by atoms with Gasteiger partial charge in [0.1, 0.15) is 0 Å². The van der Waals surface area contributed by atoms with Gasteiger partial charge >= 0.3 is 0 Å². The number of hydrogen-bond donors (Lipinski definition) is 0. The van der Waals surface area contributed by atoms with Gasteiger partial charge in [-0.05, 0) is 86.2 Å². The molecule has 49 heavy (non-hydrogen) atoms. The Hall–Kier alpha value is -5.80. The summed E-state index contributed by atoms with van der Waals surface area (Å²) in [5.74, 6) is 0. The van der Waals surface area contributed by atoms with Gasteiger partial charge in [-0.25, -0.2) is 0 Å². The zero-order chi connectivity index (χ0) is 35.0. The Bertz CT molecular complexity index is 2110. The minimum atomic E-state index is 0.611. The summed E-state index contributed by atoms with van der Waals surface area (Å²) in [7, 11) is 0. The van der Waals surface area contributed by atoms with Gasteiger partial charge in [0, 0.05) is 40.4 Å². The van der Waals surface area contributed by atoms with Gasteiger partial charge < -0.3 is 4.57 Å². The molecule has 0 aliphatic rings. The van der Waals surface area contributed by atoms with Crippen LogP contribution >= 0.6 is 0 Å². The molecule has 0 saturated carbocycles. The molecule has 0 bridgehead atoms. The lowest BCUT2D eigenvalue weighted by atomic mass is 9.92. The predicted molar refractivity (Wildman–Crippen MR) is 218 cm³/mol. The molecule has 5 aromatic rings. The number of rotatable bonds is 12. The summed E-state index contributed by atoms with van der Waals surface area (Å²) in [4.78, 5) is 9.06. The molecule has 3 nitrogen and oxygen atoms in total. The van der Waals surface area contributed by atoms with Gasteiger partial charge in [0.05, 0.1) is 16.7 Å². The topological polar surface area (TPSA) is 29.6 Å². The summed E-state index contributed by atoms with van der Waals surface area (Å²) in [6.45, 7) is 18.4. The Kier molecular flexibility index (Phi) is 13.6. The maximum Gasteiger partial charge on any atom is 0.0712 e. The fourth-order valence-electron chi connectivity index (χ4n) is 5.80. The van der Waals surface area contributed by atoms with Crippen LogP contribution in [0.4, 0.5) is 0 Å². The highest BCUT2D eigenvalue weighted by atomic mass is 15.0. The second kappa shape index (κ2) is 18.5. The van der Waals surface area contributed by atoms with Crippen molar-refractivity contribution in [2.24, 2.45) is 9.98 Å². The summed E-state index contributed by atoms with van der Waals surface area (Å²) >= 11 is 0. The third kappa shape index (κ3) is 8.77. The number of allylic oxidation sites excluding steroid dienone is 11. The highest BCUT2D eigenvalue weighted by Gasteiger charge is 2.18. The SMILES string of the molecule is C=C/C(=C\C=C/CC(/C=C(\N=C)c1ccccc1)=N\C=C/C=C\C=C\C)n1c2ccccc2c2c(-c3ccccc3C)c(C)ccc21.CC. The summed E-state index contributed by atoms with van der Waals surface area (Å²) in [6.07, 6.45) is 22.5. The van der Waals surface area contributed by atoms with Crippen molar-refractivity contribution in [3.05, 3.63) is 181 Å². The number of aryl methyl sites for hydroxylation is 2. The normalized spacial score (nSPS) is 12.9. The van der Waals surface area contributed by atoms with Gasteiger partial charge in [-0.15, -0.1) is 0 Å². The second-order valence-electron chi connectivity index (χ2n) is 11.2. The molecule has 0 unspecified atom stereocenters. The number of nitrogens with zero attached hydrogens (tertiary/aromatic N) is 3. The minimum Gasteiger partial charge on any atom is -0.309 e. The number of para-hydroxylation sites is 1. The van der Waals surface area contributed by atoms with E-state index in [4.69, 9.17) is 4.99 Å². The standard InChI is InChI=1S/C44H41N3.C2H6/c1-6-8-9-10-20-31-46-36(32-40(45-5)35-22-12-11-13-23-35)24-15-16-25-37(7-2)47-41-28-19-18-27-39(41)44-42(47)30-29-34(4)43(44)38-26-17-14-21-33(38)3;1-2/h6-23,25-32H,2,5,24H2,1,3-4H3;1-2H3/b8-6+,10-9-,16-15-,31-20-,37-25+,40-32-,46-36+;.